The van der Waals surface area contributed by atoms with Gasteiger partial charge in [0.15, 0.2) is 5.58 Å². The highest BCUT2D eigenvalue weighted by atomic mass is 16.4. The molecule has 2 aromatic rings. The maximum atomic E-state index is 11.0. The number of fused-ring (bicyclic) bond motifs is 1. The Morgan fingerprint density at radius 3 is 2.88 bits per heavy atom. The highest BCUT2D eigenvalue weighted by Crippen LogP contribution is 2.31. The Morgan fingerprint density at radius 1 is 1.53 bits per heavy atom. The van der Waals surface area contributed by atoms with Gasteiger partial charge in [-0.15, -0.1) is 0 Å². The molecule has 1 atom stereocenters. The van der Waals surface area contributed by atoms with Gasteiger partial charge in [0.2, 0.25) is 0 Å². The maximum Gasteiger partial charge on any atom is 0.417 e. The van der Waals surface area contributed by atoms with Crippen LogP contribution in [0.5, 0.6) is 0 Å². The van der Waals surface area contributed by atoms with Crippen molar-refractivity contribution < 1.29 is 4.42 Å². The molecule has 88 valence electrons. The summed E-state index contributed by atoms with van der Waals surface area (Å²) in [6.07, 6.45) is 0. The number of benzene rings is 1. The van der Waals surface area contributed by atoms with E-state index in [-0.39, 0.29) is 0 Å². The fourth-order valence-electron chi connectivity index (χ4n) is 1.64. The van der Waals surface area contributed by atoms with E-state index in [0.717, 1.165) is 5.56 Å². The van der Waals surface area contributed by atoms with Crippen molar-refractivity contribution >= 4 is 11.1 Å². The van der Waals surface area contributed by atoms with Crippen LogP contribution in [0.4, 0.5) is 0 Å². The minimum Gasteiger partial charge on any atom is -0.408 e. The normalized spacial score (nSPS) is 13.5. The molecule has 0 saturated carbocycles. The van der Waals surface area contributed by atoms with E-state index < -0.39 is 17.2 Å². The zero-order valence-electron chi connectivity index (χ0n) is 9.65. The van der Waals surface area contributed by atoms with Gasteiger partial charge in [-0.2, -0.15) is 5.26 Å². The predicted molar refractivity (Wildman–Crippen MR) is 63.2 cm³/mol. The van der Waals surface area contributed by atoms with Gasteiger partial charge < -0.3 is 10.2 Å². The van der Waals surface area contributed by atoms with Crippen LogP contribution in [-0.2, 0) is 0 Å². The van der Waals surface area contributed by atoms with Gasteiger partial charge in [-0.1, -0.05) is 6.07 Å². The van der Waals surface area contributed by atoms with Gasteiger partial charge in [-0.3, -0.25) is 4.98 Å². The summed E-state index contributed by atoms with van der Waals surface area (Å²) >= 11 is 0. The molecule has 5 nitrogen and oxygen atoms in total. The van der Waals surface area contributed by atoms with Crippen molar-refractivity contribution in [2.24, 2.45) is 11.1 Å². The Balaban J connectivity index is 2.50. The quantitative estimate of drug-likeness (QED) is 0.821. The number of hydrogen-bond acceptors (Lipinski definition) is 4. The van der Waals surface area contributed by atoms with Gasteiger partial charge >= 0.3 is 5.76 Å². The molecule has 0 fully saturated rings. The van der Waals surface area contributed by atoms with Crippen molar-refractivity contribution in [2.75, 3.05) is 0 Å². The number of rotatable bonds is 2. The molecule has 0 bridgehead atoms. The first-order valence-corrected chi connectivity index (χ1v) is 5.23. The minimum absolute atomic E-state index is 0.433. The summed E-state index contributed by atoms with van der Waals surface area (Å²) in [5, 5.41) is 9.03. The molecule has 0 aliphatic carbocycles. The molecule has 2 rings (SSSR count). The third-order valence-electron chi connectivity index (χ3n) is 2.87. The van der Waals surface area contributed by atoms with Crippen LogP contribution in [0.25, 0.3) is 11.1 Å². The van der Waals surface area contributed by atoms with E-state index in [9.17, 15) is 4.79 Å². The molecule has 0 aliphatic rings. The van der Waals surface area contributed by atoms with Crippen LogP contribution in [0.3, 0.4) is 0 Å². The minimum atomic E-state index is -0.676. The zero-order chi connectivity index (χ0) is 12.6. The van der Waals surface area contributed by atoms with Gasteiger partial charge in [0.1, 0.15) is 0 Å². The maximum absolute atomic E-state index is 11.0. The SMILES string of the molecule is CC(C)(C#N)C(N)c1ccc2[nH]c(=O)oc2c1. The number of aromatic nitrogens is 1. The second-order valence-electron chi connectivity index (χ2n) is 4.58. The molecule has 1 aromatic heterocycles. The summed E-state index contributed by atoms with van der Waals surface area (Å²) in [4.78, 5) is 13.6. The Labute approximate surface area is 97.8 Å². The lowest BCUT2D eigenvalue weighted by Crippen LogP contribution is -2.27. The zero-order valence-corrected chi connectivity index (χ0v) is 9.65. The first kappa shape index (κ1) is 11.4. The molecule has 3 N–H and O–H groups in total. The average Bonchev–Trinajstić information content (AvgIpc) is 2.66. The number of nitrogens with two attached hydrogens (primary N) is 1. The molecular formula is C12H13N3O2. The summed E-state index contributed by atoms with van der Waals surface area (Å²) < 4.78 is 4.96. The van der Waals surface area contributed by atoms with E-state index in [1.165, 1.54) is 0 Å². The standard InChI is InChI=1S/C12H13N3O2/c1-12(2,6-13)10(14)7-3-4-8-9(5-7)17-11(16)15-8/h3-5,10H,14H2,1-2H3,(H,15,16). The van der Waals surface area contributed by atoms with Gasteiger partial charge in [0.05, 0.1) is 17.0 Å². The van der Waals surface area contributed by atoms with Crippen molar-refractivity contribution in [3.63, 3.8) is 0 Å². The van der Waals surface area contributed by atoms with Crippen LogP contribution in [0, 0.1) is 16.7 Å². The molecule has 0 amide bonds. The van der Waals surface area contributed by atoms with Crippen molar-refractivity contribution in [1.82, 2.24) is 4.98 Å². The molecule has 1 aromatic carbocycles. The topological polar surface area (TPSA) is 95.8 Å². The van der Waals surface area contributed by atoms with Crippen molar-refractivity contribution in [3.8, 4) is 6.07 Å². The van der Waals surface area contributed by atoms with Crippen LogP contribution in [0.1, 0.15) is 25.5 Å². The first-order valence-electron chi connectivity index (χ1n) is 5.23. The molecule has 0 aliphatic heterocycles. The third kappa shape index (κ3) is 1.95. The van der Waals surface area contributed by atoms with Crippen molar-refractivity contribution in [2.45, 2.75) is 19.9 Å². The van der Waals surface area contributed by atoms with Crippen molar-refractivity contribution in [1.29, 1.82) is 5.26 Å². The molecule has 0 radical (unpaired) electrons. The smallest absolute Gasteiger partial charge is 0.408 e. The van der Waals surface area contributed by atoms with E-state index >= 15 is 0 Å². The number of nitrogens with zero attached hydrogens (tertiary/aromatic N) is 1. The molecular weight excluding hydrogens is 218 g/mol. The van der Waals surface area contributed by atoms with E-state index in [2.05, 4.69) is 11.1 Å². The number of oxazole rings is 1. The van der Waals surface area contributed by atoms with Gasteiger partial charge in [-0.05, 0) is 31.5 Å². The van der Waals surface area contributed by atoms with Crippen LogP contribution in [0.15, 0.2) is 27.4 Å². The Kier molecular flexibility index (Phi) is 2.52. The fraction of sp³-hybridized carbons (Fsp3) is 0.333. The Bertz CT molecular complexity index is 646. The summed E-state index contributed by atoms with van der Waals surface area (Å²) in [6, 6.07) is 6.94. The monoisotopic (exact) mass is 231 g/mol. The lowest BCUT2D eigenvalue weighted by molar-refractivity contribution is 0.393. The molecule has 17 heavy (non-hydrogen) atoms. The van der Waals surface area contributed by atoms with E-state index in [1.54, 1.807) is 32.0 Å². The van der Waals surface area contributed by atoms with Crippen LogP contribution >= 0.6 is 0 Å². The second kappa shape index (κ2) is 3.75. The largest absolute Gasteiger partial charge is 0.417 e. The van der Waals surface area contributed by atoms with Crippen LogP contribution < -0.4 is 11.5 Å². The highest BCUT2D eigenvalue weighted by Gasteiger charge is 2.27. The number of hydrogen-bond donors (Lipinski definition) is 2. The number of aromatic amines is 1. The number of H-pyrrole nitrogens is 1. The highest BCUT2D eigenvalue weighted by molar-refractivity contribution is 5.72. The second-order valence-corrected chi connectivity index (χ2v) is 4.58. The first-order chi connectivity index (χ1) is 7.94. The predicted octanol–water partition coefficient (Wildman–Crippen LogP) is 1.67. The number of nitrogens with one attached hydrogen (secondary N) is 1. The van der Waals surface area contributed by atoms with Gasteiger partial charge in [0, 0.05) is 6.04 Å². The summed E-state index contributed by atoms with van der Waals surface area (Å²) in [5.41, 5.74) is 7.20. The molecule has 5 heteroatoms. The lowest BCUT2D eigenvalue weighted by atomic mass is 9.82. The molecule has 0 spiro atoms. The van der Waals surface area contributed by atoms with E-state index in [0.29, 0.717) is 11.1 Å². The van der Waals surface area contributed by atoms with Crippen LogP contribution in [0.2, 0.25) is 0 Å². The summed E-state index contributed by atoms with van der Waals surface area (Å²) in [5.74, 6) is -0.495. The summed E-state index contributed by atoms with van der Waals surface area (Å²) in [7, 11) is 0. The summed E-state index contributed by atoms with van der Waals surface area (Å²) in [6.45, 7) is 3.55. The number of nitriles is 1. The Morgan fingerprint density at radius 2 is 2.24 bits per heavy atom. The molecule has 1 heterocycles. The van der Waals surface area contributed by atoms with Gasteiger partial charge in [0.25, 0.3) is 0 Å². The lowest BCUT2D eigenvalue weighted by Gasteiger charge is -2.24. The van der Waals surface area contributed by atoms with Gasteiger partial charge in [-0.25, -0.2) is 4.79 Å². The average molecular weight is 231 g/mol. The molecule has 0 saturated heterocycles. The van der Waals surface area contributed by atoms with Crippen LogP contribution in [-0.4, -0.2) is 4.98 Å². The Hall–Kier alpha value is -2.06. The third-order valence-corrected chi connectivity index (χ3v) is 2.87. The van der Waals surface area contributed by atoms with Crippen molar-refractivity contribution in [3.05, 3.63) is 34.3 Å². The van der Waals surface area contributed by atoms with E-state index in [1.807, 2.05) is 0 Å². The fourth-order valence-corrected chi connectivity index (χ4v) is 1.64. The van der Waals surface area contributed by atoms with E-state index in [4.69, 9.17) is 15.4 Å². The molecule has 1 unspecified atom stereocenters.